The van der Waals surface area contributed by atoms with E-state index in [9.17, 15) is 4.79 Å². The van der Waals surface area contributed by atoms with Crippen molar-refractivity contribution >= 4 is 5.91 Å². The molecule has 0 N–H and O–H groups in total. The minimum Gasteiger partial charge on any atom is -0.337 e. The van der Waals surface area contributed by atoms with Crippen LogP contribution in [0.15, 0.2) is 24.4 Å². The first kappa shape index (κ1) is 14.0. The Morgan fingerprint density at radius 2 is 2.16 bits per heavy atom. The molecule has 0 saturated heterocycles. The number of pyridine rings is 1. The van der Waals surface area contributed by atoms with Crippen LogP contribution in [0.5, 0.6) is 0 Å². The third-order valence-electron chi connectivity index (χ3n) is 4.13. The van der Waals surface area contributed by atoms with Crippen molar-refractivity contribution in [2.45, 2.75) is 64.5 Å². The highest BCUT2D eigenvalue weighted by molar-refractivity contribution is 5.79. The van der Waals surface area contributed by atoms with Gasteiger partial charge in [0.2, 0.25) is 5.91 Å². The van der Waals surface area contributed by atoms with Crippen molar-refractivity contribution in [2.75, 3.05) is 0 Å². The number of hydrogen-bond acceptors (Lipinski definition) is 2. The van der Waals surface area contributed by atoms with E-state index in [1.807, 2.05) is 18.2 Å². The fraction of sp³-hybridized carbons (Fsp3) is 0.625. The van der Waals surface area contributed by atoms with Crippen LogP contribution in [0, 0.1) is 0 Å². The van der Waals surface area contributed by atoms with Crippen molar-refractivity contribution in [1.82, 2.24) is 9.88 Å². The summed E-state index contributed by atoms with van der Waals surface area (Å²) in [5.41, 5.74) is 0.874. The lowest BCUT2D eigenvalue weighted by Gasteiger charge is -2.34. The Kier molecular flexibility index (Phi) is 4.94. The van der Waals surface area contributed by atoms with Gasteiger partial charge in [-0.2, -0.15) is 0 Å². The predicted molar refractivity (Wildman–Crippen MR) is 76.8 cm³/mol. The zero-order valence-electron chi connectivity index (χ0n) is 12.0. The summed E-state index contributed by atoms with van der Waals surface area (Å²) >= 11 is 0. The summed E-state index contributed by atoms with van der Waals surface area (Å²) in [7, 11) is 0. The molecule has 1 aromatic rings. The molecule has 1 saturated carbocycles. The van der Waals surface area contributed by atoms with Gasteiger partial charge in [0.25, 0.3) is 0 Å². The maximum absolute atomic E-state index is 12.6. The zero-order valence-corrected chi connectivity index (χ0v) is 12.0. The third kappa shape index (κ3) is 3.55. The molecule has 1 amide bonds. The summed E-state index contributed by atoms with van der Waals surface area (Å²) in [6.07, 6.45) is 8.05. The number of rotatable bonds is 5. The van der Waals surface area contributed by atoms with E-state index >= 15 is 0 Å². The van der Waals surface area contributed by atoms with Gasteiger partial charge in [-0.15, -0.1) is 0 Å². The molecule has 19 heavy (non-hydrogen) atoms. The van der Waals surface area contributed by atoms with E-state index in [2.05, 4.69) is 23.7 Å². The summed E-state index contributed by atoms with van der Waals surface area (Å²) in [5.74, 6) is 0.236. The Balaban J connectivity index is 2.07. The molecule has 0 spiro atoms. The third-order valence-corrected chi connectivity index (χ3v) is 4.13. The number of carbonyl (C=O) groups is 1. The molecule has 2 rings (SSSR count). The smallest absolute Gasteiger partial charge is 0.229 e. The van der Waals surface area contributed by atoms with E-state index in [0.29, 0.717) is 18.5 Å². The summed E-state index contributed by atoms with van der Waals surface area (Å²) in [6.45, 7) is 4.31. The molecule has 0 bridgehead atoms. The molecule has 3 nitrogen and oxygen atoms in total. The molecular formula is C16H24N2O. The second-order valence-corrected chi connectivity index (χ2v) is 5.49. The highest BCUT2D eigenvalue weighted by atomic mass is 16.2. The number of amides is 1. The molecular weight excluding hydrogens is 236 g/mol. The van der Waals surface area contributed by atoms with Crippen LogP contribution < -0.4 is 0 Å². The number of aromatic nitrogens is 1. The molecule has 1 aromatic heterocycles. The van der Waals surface area contributed by atoms with Crippen LogP contribution in [0.3, 0.4) is 0 Å². The van der Waals surface area contributed by atoms with Crippen LogP contribution in [0.4, 0.5) is 0 Å². The van der Waals surface area contributed by atoms with Crippen LogP contribution in [0.25, 0.3) is 0 Å². The molecule has 104 valence electrons. The number of hydrogen-bond donors (Lipinski definition) is 0. The van der Waals surface area contributed by atoms with E-state index in [-0.39, 0.29) is 5.91 Å². The first-order valence-corrected chi connectivity index (χ1v) is 7.43. The molecule has 1 aliphatic carbocycles. The molecule has 1 fully saturated rings. The van der Waals surface area contributed by atoms with Gasteiger partial charge < -0.3 is 4.90 Å². The summed E-state index contributed by atoms with van der Waals surface area (Å²) in [4.78, 5) is 19.0. The Morgan fingerprint density at radius 3 is 2.74 bits per heavy atom. The first-order chi connectivity index (χ1) is 9.22. The molecule has 0 aromatic carbocycles. The zero-order chi connectivity index (χ0) is 13.7. The maximum atomic E-state index is 12.6. The largest absolute Gasteiger partial charge is 0.337 e. The summed E-state index contributed by atoms with van der Waals surface area (Å²) in [6, 6.07) is 6.54. The highest BCUT2D eigenvalue weighted by Crippen LogP contribution is 2.26. The molecule has 1 heterocycles. The van der Waals surface area contributed by atoms with E-state index in [1.165, 1.54) is 12.8 Å². The summed E-state index contributed by atoms with van der Waals surface area (Å²) in [5, 5.41) is 0. The normalized spacial score (nSPS) is 17.4. The first-order valence-electron chi connectivity index (χ1n) is 7.43. The van der Waals surface area contributed by atoms with Gasteiger partial charge >= 0.3 is 0 Å². The van der Waals surface area contributed by atoms with Crippen molar-refractivity contribution in [2.24, 2.45) is 0 Å². The van der Waals surface area contributed by atoms with E-state index < -0.39 is 0 Å². The number of carbonyl (C=O) groups excluding carboxylic acids is 1. The number of nitrogens with zero attached hydrogens (tertiary/aromatic N) is 2. The molecule has 1 aliphatic rings. The van der Waals surface area contributed by atoms with Crippen LogP contribution in [-0.4, -0.2) is 27.9 Å². The maximum Gasteiger partial charge on any atom is 0.229 e. The van der Waals surface area contributed by atoms with Gasteiger partial charge in [-0.05, 0) is 38.3 Å². The lowest BCUT2D eigenvalue weighted by Crippen LogP contribution is -2.45. The monoisotopic (exact) mass is 260 g/mol. The second-order valence-electron chi connectivity index (χ2n) is 5.49. The van der Waals surface area contributed by atoms with E-state index in [0.717, 1.165) is 25.0 Å². The molecule has 0 radical (unpaired) electrons. The van der Waals surface area contributed by atoms with Crippen molar-refractivity contribution in [3.05, 3.63) is 30.1 Å². The van der Waals surface area contributed by atoms with Gasteiger partial charge in [-0.25, -0.2) is 0 Å². The van der Waals surface area contributed by atoms with Gasteiger partial charge in [0.1, 0.15) is 0 Å². The van der Waals surface area contributed by atoms with Gasteiger partial charge in [0, 0.05) is 24.0 Å². The van der Waals surface area contributed by atoms with Gasteiger partial charge in [0.15, 0.2) is 0 Å². The van der Waals surface area contributed by atoms with E-state index in [1.54, 1.807) is 6.20 Å². The van der Waals surface area contributed by atoms with Crippen LogP contribution in [0.2, 0.25) is 0 Å². The molecule has 0 unspecified atom stereocenters. The second kappa shape index (κ2) is 6.69. The molecule has 1 atom stereocenters. The quantitative estimate of drug-likeness (QED) is 0.814. The Labute approximate surface area is 116 Å². The standard InChI is InChI=1S/C16H24N2O/c1-3-13(2)18(15-9-4-5-10-15)16(19)12-14-8-6-7-11-17-14/h6-8,11,13,15H,3-5,9-10,12H2,1-2H3/t13-/m1/s1. The topological polar surface area (TPSA) is 33.2 Å². The highest BCUT2D eigenvalue weighted by Gasteiger charge is 2.29. The predicted octanol–water partition coefficient (Wildman–Crippen LogP) is 3.19. The van der Waals surface area contributed by atoms with Gasteiger partial charge in [-0.3, -0.25) is 9.78 Å². The van der Waals surface area contributed by atoms with Crippen molar-refractivity contribution < 1.29 is 4.79 Å². The fourth-order valence-corrected chi connectivity index (χ4v) is 2.94. The van der Waals surface area contributed by atoms with Crippen LogP contribution >= 0.6 is 0 Å². The molecule has 0 aliphatic heterocycles. The Bertz CT molecular complexity index is 398. The van der Waals surface area contributed by atoms with Gasteiger partial charge in [0.05, 0.1) is 6.42 Å². The molecule has 3 heteroatoms. The fourth-order valence-electron chi connectivity index (χ4n) is 2.94. The van der Waals surface area contributed by atoms with Crippen LogP contribution in [-0.2, 0) is 11.2 Å². The lowest BCUT2D eigenvalue weighted by atomic mass is 10.1. The minimum absolute atomic E-state index is 0.236. The minimum atomic E-state index is 0.236. The Morgan fingerprint density at radius 1 is 1.42 bits per heavy atom. The van der Waals surface area contributed by atoms with E-state index in [4.69, 9.17) is 0 Å². The van der Waals surface area contributed by atoms with Crippen molar-refractivity contribution in [3.8, 4) is 0 Å². The van der Waals surface area contributed by atoms with Crippen molar-refractivity contribution in [3.63, 3.8) is 0 Å². The Hall–Kier alpha value is -1.38. The van der Waals surface area contributed by atoms with Crippen LogP contribution in [0.1, 0.15) is 51.6 Å². The summed E-state index contributed by atoms with van der Waals surface area (Å²) < 4.78 is 0. The van der Waals surface area contributed by atoms with Crippen molar-refractivity contribution in [1.29, 1.82) is 0 Å². The SMILES string of the molecule is CC[C@@H](C)N(C(=O)Cc1ccccn1)C1CCCC1. The lowest BCUT2D eigenvalue weighted by molar-refractivity contribution is -0.135. The van der Waals surface area contributed by atoms with Gasteiger partial charge in [-0.1, -0.05) is 25.8 Å². The average Bonchev–Trinajstić information content (AvgIpc) is 2.93. The average molecular weight is 260 g/mol.